The van der Waals surface area contributed by atoms with Crippen LogP contribution >= 0.6 is 0 Å². The summed E-state index contributed by atoms with van der Waals surface area (Å²) in [6, 6.07) is 13.7. The first kappa shape index (κ1) is 35.5. The molecule has 2 aromatic carbocycles. The lowest BCUT2D eigenvalue weighted by molar-refractivity contribution is -0.172. The van der Waals surface area contributed by atoms with Gasteiger partial charge in [0.1, 0.15) is 25.2 Å². The van der Waals surface area contributed by atoms with Gasteiger partial charge < -0.3 is 44.0 Å². The first-order chi connectivity index (χ1) is 23.0. The number of carbonyl (C=O) groups excluding carboxylic acids is 3. The van der Waals surface area contributed by atoms with Crippen LogP contribution in [-0.4, -0.2) is 77.8 Å². The molecule has 14 heteroatoms. The van der Waals surface area contributed by atoms with Crippen molar-refractivity contribution in [3.8, 4) is 23.0 Å². The third-order valence-corrected chi connectivity index (χ3v) is 7.32. The minimum absolute atomic E-state index is 0.0164. The summed E-state index contributed by atoms with van der Waals surface area (Å²) in [6.45, 7) is 3.88. The van der Waals surface area contributed by atoms with Crippen molar-refractivity contribution in [1.82, 2.24) is 10.3 Å². The number of pyridine rings is 1. The molecule has 1 amide bonds. The first-order valence-corrected chi connectivity index (χ1v) is 15.2. The number of fused-ring (bicyclic) bond motifs is 1. The van der Waals surface area contributed by atoms with Gasteiger partial charge in [0, 0.05) is 12.3 Å². The molecular formula is C34H38N2O12. The van der Waals surface area contributed by atoms with Gasteiger partial charge in [-0.05, 0) is 36.6 Å². The zero-order valence-corrected chi connectivity index (χ0v) is 26.9. The van der Waals surface area contributed by atoms with Crippen molar-refractivity contribution in [2.75, 3.05) is 20.5 Å². The number of esters is 2. The summed E-state index contributed by atoms with van der Waals surface area (Å²) in [5.74, 6) is -4.51. The van der Waals surface area contributed by atoms with Crippen LogP contribution in [0.15, 0.2) is 60.8 Å². The second kappa shape index (κ2) is 16.5. The van der Waals surface area contributed by atoms with Gasteiger partial charge in [0.2, 0.25) is 6.79 Å². The second-order valence-corrected chi connectivity index (χ2v) is 11.3. The maximum Gasteiger partial charge on any atom is 0.329 e. The van der Waals surface area contributed by atoms with E-state index >= 15 is 0 Å². The Kier molecular flexibility index (Phi) is 12.2. The number of aliphatic carboxylic acids is 1. The van der Waals surface area contributed by atoms with Crippen LogP contribution in [-0.2, 0) is 36.9 Å². The van der Waals surface area contributed by atoms with Crippen molar-refractivity contribution < 1.29 is 57.8 Å². The standard InChI is InChI=1S/C34H38N2O12/c1-19(2)33(41)48-29(20(3)37)23(14-21-8-6-5-7-9-21)34(42)45-17-24(32(39)40)36-31(38)28-30(26(43-4)12-13-35-28)44-16-22-10-11-25-27(15-22)47-18-46-25/h5-13,15,19-20,23-24,29,37H,14,16-18H2,1-4H3,(H,36,38)(H,39,40)/t20-,23+,24-,29-/m0/s1. The molecule has 48 heavy (non-hydrogen) atoms. The molecule has 1 aliphatic heterocycles. The quantitative estimate of drug-likeness (QED) is 0.190. The monoisotopic (exact) mass is 666 g/mol. The number of nitrogens with one attached hydrogen (secondary N) is 1. The summed E-state index contributed by atoms with van der Waals surface area (Å²) in [5, 5.41) is 22.7. The van der Waals surface area contributed by atoms with E-state index in [0.29, 0.717) is 22.6 Å². The molecule has 0 unspecified atom stereocenters. The summed E-state index contributed by atoms with van der Waals surface area (Å²) in [5.41, 5.74) is 1.10. The lowest BCUT2D eigenvalue weighted by atomic mass is 9.91. The molecule has 0 spiro atoms. The number of carbonyl (C=O) groups is 4. The van der Waals surface area contributed by atoms with Gasteiger partial charge in [0.25, 0.3) is 5.91 Å². The van der Waals surface area contributed by atoms with E-state index in [0.717, 1.165) is 0 Å². The summed E-state index contributed by atoms with van der Waals surface area (Å²) in [6.07, 6.45) is -1.25. The Labute approximate surface area is 276 Å². The number of methoxy groups -OCH3 is 1. The molecule has 0 radical (unpaired) electrons. The lowest BCUT2D eigenvalue weighted by Gasteiger charge is -2.29. The van der Waals surface area contributed by atoms with Gasteiger partial charge in [-0.2, -0.15) is 0 Å². The minimum Gasteiger partial charge on any atom is -0.493 e. The molecule has 0 saturated heterocycles. The number of rotatable bonds is 16. The summed E-state index contributed by atoms with van der Waals surface area (Å²) in [4.78, 5) is 55.6. The number of amides is 1. The Morgan fingerprint density at radius 1 is 0.958 bits per heavy atom. The van der Waals surface area contributed by atoms with Crippen LogP contribution in [0.2, 0.25) is 0 Å². The van der Waals surface area contributed by atoms with Crippen LogP contribution in [0.3, 0.4) is 0 Å². The van der Waals surface area contributed by atoms with Crippen molar-refractivity contribution in [1.29, 1.82) is 0 Å². The fourth-order valence-electron chi connectivity index (χ4n) is 4.74. The molecule has 0 aliphatic carbocycles. The van der Waals surface area contributed by atoms with Gasteiger partial charge in [-0.3, -0.25) is 14.4 Å². The Morgan fingerprint density at radius 3 is 2.35 bits per heavy atom. The highest BCUT2D eigenvalue weighted by molar-refractivity contribution is 5.98. The van der Waals surface area contributed by atoms with Gasteiger partial charge in [-0.1, -0.05) is 50.2 Å². The summed E-state index contributed by atoms with van der Waals surface area (Å²) in [7, 11) is 1.37. The SMILES string of the molecule is COc1ccnc(C(=O)N[C@@H](COC(=O)[C@H](Cc2ccccc2)[C@@H](OC(=O)C(C)C)[C@H](C)O)C(=O)O)c1OCc1ccc2c(c1)OCO2. The van der Waals surface area contributed by atoms with Crippen LogP contribution in [0.4, 0.5) is 0 Å². The molecule has 0 saturated carbocycles. The average Bonchev–Trinajstić information content (AvgIpc) is 3.55. The molecule has 3 aromatic rings. The van der Waals surface area contributed by atoms with Crippen molar-refractivity contribution in [2.45, 2.75) is 52.0 Å². The maximum atomic E-state index is 13.5. The van der Waals surface area contributed by atoms with Gasteiger partial charge in [-0.25, -0.2) is 9.78 Å². The van der Waals surface area contributed by atoms with Crippen LogP contribution in [0, 0.1) is 11.8 Å². The maximum absolute atomic E-state index is 13.5. The smallest absolute Gasteiger partial charge is 0.329 e. The van der Waals surface area contributed by atoms with Gasteiger partial charge in [-0.15, -0.1) is 0 Å². The minimum atomic E-state index is -1.71. The van der Waals surface area contributed by atoms with Gasteiger partial charge >= 0.3 is 17.9 Å². The predicted molar refractivity (Wildman–Crippen MR) is 168 cm³/mol. The van der Waals surface area contributed by atoms with Crippen LogP contribution in [0.1, 0.15) is 42.4 Å². The molecule has 256 valence electrons. The molecular weight excluding hydrogens is 628 g/mol. The van der Waals surface area contributed by atoms with E-state index in [4.69, 9.17) is 28.4 Å². The number of hydrogen-bond acceptors (Lipinski definition) is 12. The third-order valence-electron chi connectivity index (χ3n) is 7.32. The van der Waals surface area contributed by atoms with Gasteiger partial charge in [0.15, 0.2) is 34.7 Å². The van der Waals surface area contributed by atoms with E-state index in [2.05, 4.69) is 10.3 Å². The largest absolute Gasteiger partial charge is 0.493 e. The third kappa shape index (κ3) is 9.12. The number of carboxylic acid groups (broad SMARTS) is 1. The first-order valence-electron chi connectivity index (χ1n) is 15.2. The molecule has 14 nitrogen and oxygen atoms in total. The van der Waals surface area contributed by atoms with E-state index in [1.54, 1.807) is 62.4 Å². The molecule has 0 bridgehead atoms. The molecule has 4 rings (SSSR count). The van der Waals surface area contributed by atoms with E-state index in [9.17, 15) is 29.4 Å². The van der Waals surface area contributed by atoms with Crippen molar-refractivity contribution in [2.24, 2.45) is 11.8 Å². The highest BCUT2D eigenvalue weighted by Crippen LogP contribution is 2.34. The number of aliphatic hydroxyl groups is 1. The highest BCUT2D eigenvalue weighted by Gasteiger charge is 2.38. The normalized spacial score (nSPS) is 14.3. The molecule has 2 heterocycles. The zero-order valence-electron chi connectivity index (χ0n) is 26.9. The van der Waals surface area contributed by atoms with Gasteiger partial charge in [0.05, 0.1) is 19.1 Å². The number of aliphatic hydroxyl groups excluding tert-OH is 1. The summed E-state index contributed by atoms with van der Waals surface area (Å²) >= 11 is 0. The highest BCUT2D eigenvalue weighted by atomic mass is 16.7. The van der Waals surface area contributed by atoms with E-state index < -0.39 is 60.5 Å². The fraction of sp³-hybridized carbons (Fsp3) is 0.382. The molecule has 0 fully saturated rings. The number of ether oxygens (including phenoxy) is 6. The van der Waals surface area contributed by atoms with Crippen LogP contribution < -0.4 is 24.3 Å². The topological polar surface area (TPSA) is 189 Å². The molecule has 3 N–H and O–H groups in total. The molecule has 1 aromatic heterocycles. The van der Waals surface area contributed by atoms with Crippen molar-refractivity contribution >= 4 is 23.8 Å². The Bertz CT molecular complexity index is 1590. The van der Waals surface area contributed by atoms with Crippen LogP contribution in [0.5, 0.6) is 23.0 Å². The predicted octanol–water partition coefficient (Wildman–Crippen LogP) is 2.93. The number of aromatic nitrogens is 1. The van der Waals surface area contributed by atoms with Crippen molar-refractivity contribution in [3.05, 3.63) is 77.6 Å². The van der Waals surface area contributed by atoms with E-state index in [-0.39, 0.29) is 37.0 Å². The van der Waals surface area contributed by atoms with Crippen molar-refractivity contribution in [3.63, 3.8) is 0 Å². The average molecular weight is 667 g/mol. The second-order valence-electron chi connectivity index (χ2n) is 11.3. The number of carboxylic acids is 1. The Balaban J connectivity index is 1.49. The lowest BCUT2D eigenvalue weighted by Crippen LogP contribution is -2.47. The fourth-order valence-corrected chi connectivity index (χ4v) is 4.74. The van der Waals surface area contributed by atoms with Crippen LogP contribution in [0.25, 0.3) is 0 Å². The van der Waals surface area contributed by atoms with E-state index in [1.165, 1.54) is 26.3 Å². The molecule has 1 aliphatic rings. The molecule has 4 atom stereocenters. The van der Waals surface area contributed by atoms with E-state index in [1.807, 2.05) is 0 Å². The number of hydrogen-bond donors (Lipinski definition) is 3. The zero-order chi connectivity index (χ0) is 34.8. The number of nitrogens with zero attached hydrogens (tertiary/aromatic N) is 1. The number of benzene rings is 2. The Morgan fingerprint density at radius 2 is 1.69 bits per heavy atom. The summed E-state index contributed by atoms with van der Waals surface area (Å²) < 4.78 is 32.9. The Hall–Kier alpha value is -5.37.